The van der Waals surface area contributed by atoms with Crippen molar-refractivity contribution in [2.24, 2.45) is 0 Å². The number of benzene rings is 4. The number of nitrogens with one attached hydrogen (secondary N) is 2. The minimum absolute atomic E-state index is 0.0111. The van der Waals surface area contributed by atoms with Gasteiger partial charge in [-0.3, -0.25) is 9.59 Å². The first-order chi connectivity index (χ1) is 23.4. The van der Waals surface area contributed by atoms with E-state index in [1.165, 1.54) is 0 Å². The number of ether oxygens (including phenoxy) is 3. The minimum Gasteiger partial charge on any atom is -0.496 e. The number of hydrogen-bond donors (Lipinski definition) is 4. The van der Waals surface area contributed by atoms with E-state index in [4.69, 9.17) is 19.9 Å². The van der Waals surface area contributed by atoms with Crippen LogP contribution >= 0.6 is 11.8 Å². The average molecular weight is 670 g/mol. The molecule has 0 saturated carbocycles. The van der Waals surface area contributed by atoms with Crippen LogP contribution in [0.5, 0.6) is 5.75 Å². The van der Waals surface area contributed by atoms with Crippen LogP contribution in [0.25, 0.3) is 0 Å². The van der Waals surface area contributed by atoms with Crippen molar-refractivity contribution in [3.8, 4) is 5.75 Å². The number of carbonyl (C=O) groups excluding carboxylic acids is 2. The highest BCUT2D eigenvalue weighted by Gasteiger charge is 2.32. The molecule has 10 heteroatoms. The molecule has 0 aliphatic carbocycles. The molecular formula is C38H43N3O6S. The number of aliphatic hydroxyl groups is 1. The van der Waals surface area contributed by atoms with E-state index >= 15 is 0 Å². The lowest BCUT2D eigenvalue weighted by atomic mass is 10.0. The minimum atomic E-state index is -0.593. The molecule has 2 amide bonds. The standard InChI is InChI=1S/C38H43N3O6S/c1-45-33-11-7-8-12-35(33)48-25-30-23-34(27-17-15-26(24-42)16-18-27)47-38(46-30)28-19-21-29(22-20-28)40-36(43)13-3-2-4-14-37(44)41-32-10-6-5-9-31(32)39/h5-12,15-22,30,34,38,42H,2-4,13-14,23-25,39H2,1H3,(H,40,43)(H,41,44). The van der Waals surface area contributed by atoms with Gasteiger partial charge in [-0.05, 0) is 60.4 Å². The van der Waals surface area contributed by atoms with Gasteiger partial charge in [0, 0.05) is 41.2 Å². The van der Waals surface area contributed by atoms with Crippen LogP contribution in [0, 0.1) is 0 Å². The molecule has 1 aliphatic heterocycles. The lowest BCUT2D eigenvalue weighted by Gasteiger charge is -2.36. The molecule has 3 unspecified atom stereocenters. The van der Waals surface area contributed by atoms with Crippen molar-refractivity contribution >= 4 is 40.6 Å². The average Bonchev–Trinajstić information content (AvgIpc) is 3.12. The summed E-state index contributed by atoms with van der Waals surface area (Å²) >= 11 is 1.69. The molecule has 4 aromatic rings. The number of unbranched alkanes of at least 4 members (excludes halogenated alkanes) is 2. The number of nitrogen functional groups attached to an aromatic ring is 1. The van der Waals surface area contributed by atoms with E-state index in [2.05, 4.69) is 10.6 Å². The highest BCUT2D eigenvalue weighted by molar-refractivity contribution is 7.99. The summed E-state index contributed by atoms with van der Waals surface area (Å²) in [4.78, 5) is 25.9. The second-order valence-electron chi connectivity index (χ2n) is 11.7. The predicted octanol–water partition coefficient (Wildman–Crippen LogP) is 7.64. The van der Waals surface area contributed by atoms with Crippen LogP contribution in [-0.4, -0.2) is 35.9 Å². The highest BCUT2D eigenvalue weighted by atomic mass is 32.2. The molecule has 5 N–H and O–H groups in total. The van der Waals surface area contributed by atoms with E-state index < -0.39 is 6.29 Å². The quantitative estimate of drug-likeness (QED) is 0.0577. The summed E-state index contributed by atoms with van der Waals surface area (Å²) in [5.74, 6) is 1.38. The Morgan fingerprint density at radius 1 is 0.833 bits per heavy atom. The van der Waals surface area contributed by atoms with Crippen molar-refractivity contribution in [2.45, 2.75) is 68.5 Å². The molecule has 5 rings (SSSR count). The number of carbonyl (C=O) groups is 2. The normalized spacial score (nSPS) is 17.4. The summed E-state index contributed by atoms with van der Waals surface area (Å²) in [7, 11) is 1.67. The van der Waals surface area contributed by atoms with Crippen LogP contribution in [-0.2, 0) is 25.7 Å². The van der Waals surface area contributed by atoms with Gasteiger partial charge in [0.25, 0.3) is 0 Å². The Kier molecular flexibility index (Phi) is 12.9. The second-order valence-corrected chi connectivity index (χ2v) is 12.7. The number of methoxy groups -OCH3 is 1. The molecule has 0 bridgehead atoms. The van der Waals surface area contributed by atoms with Gasteiger partial charge in [-0.25, -0.2) is 0 Å². The van der Waals surface area contributed by atoms with Gasteiger partial charge >= 0.3 is 0 Å². The lowest BCUT2D eigenvalue weighted by Crippen LogP contribution is -2.31. The maximum atomic E-state index is 12.6. The number of nitrogens with two attached hydrogens (primary N) is 1. The molecule has 0 spiro atoms. The summed E-state index contributed by atoms with van der Waals surface area (Å²) in [6, 6.07) is 30.5. The van der Waals surface area contributed by atoms with E-state index in [1.807, 2.05) is 84.9 Å². The Hall–Kier alpha value is -4.35. The Bertz CT molecular complexity index is 1630. The van der Waals surface area contributed by atoms with Gasteiger partial charge in [-0.15, -0.1) is 11.8 Å². The third kappa shape index (κ3) is 10.1. The van der Waals surface area contributed by atoms with E-state index in [0.717, 1.165) is 33.8 Å². The summed E-state index contributed by atoms with van der Waals surface area (Å²) < 4.78 is 18.5. The van der Waals surface area contributed by atoms with Crippen molar-refractivity contribution in [1.29, 1.82) is 0 Å². The Labute approximate surface area is 286 Å². The van der Waals surface area contributed by atoms with Gasteiger partial charge in [0.2, 0.25) is 11.8 Å². The van der Waals surface area contributed by atoms with Crippen molar-refractivity contribution in [3.63, 3.8) is 0 Å². The van der Waals surface area contributed by atoms with E-state index in [1.54, 1.807) is 31.0 Å². The van der Waals surface area contributed by atoms with Gasteiger partial charge < -0.3 is 35.7 Å². The van der Waals surface area contributed by atoms with Crippen LogP contribution in [0.3, 0.4) is 0 Å². The number of amides is 2. The largest absolute Gasteiger partial charge is 0.496 e. The van der Waals surface area contributed by atoms with E-state index in [0.29, 0.717) is 54.9 Å². The molecule has 0 aromatic heterocycles. The first-order valence-corrected chi connectivity index (χ1v) is 17.2. The fourth-order valence-corrected chi connectivity index (χ4v) is 6.51. The van der Waals surface area contributed by atoms with Crippen LogP contribution in [0.1, 0.15) is 67.6 Å². The van der Waals surface area contributed by atoms with Gasteiger partial charge in [0.05, 0.1) is 37.3 Å². The summed E-state index contributed by atoms with van der Waals surface area (Å²) in [6.45, 7) is -0.0111. The van der Waals surface area contributed by atoms with Crippen molar-refractivity contribution in [2.75, 3.05) is 29.2 Å². The first kappa shape index (κ1) is 35.0. The Morgan fingerprint density at radius 3 is 2.21 bits per heavy atom. The number of rotatable bonds is 15. The van der Waals surface area contributed by atoms with Crippen molar-refractivity contribution in [1.82, 2.24) is 0 Å². The molecule has 1 aliphatic rings. The SMILES string of the molecule is COc1ccccc1SCC1CC(c2ccc(CO)cc2)OC(c2ccc(NC(=O)CCCCCC(=O)Nc3ccccc3N)cc2)O1. The Morgan fingerprint density at radius 2 is 1.50 bits per heavy atom. The number of thioether (sulfide) groups is 1. The summed E-state index contributed by atoms with van der Waals surface area (Å²) in [6.07, 6.45) is 2.67. The number of hydrogen-bond acceptors (Lipinski definition) is 8. The van der Waals surface area contributed by atoms with Gasteiger partial charge in [0.1, 0.15) is 5.75 Å². The van der Waals surface area contributed by atoms with E-state index in [-0.39, 0.29) is 30.6 Å². The zero-order valence-electron chi connectivity index (χ0n) is 27.1. The number of aliphatic hydroxyl groups excluding tert-OH is 1. The van der Waals surface area contributed by atoms with Crippen LogP contribution in [0.2, 0.25) is 0 Å². The Balaban J connectivity index is 1.12. The number of para-hydroxylation sites is 3. The molecule has 4 aromatic carbocycles. The molecule has 9 nitrogen and oxygen atoms in total. The predicted molar refractivity (Wildman–Crippen MR) is 190 cm³/mol. The molecule has 0 radical (unpaired) electrons. The zero-order chi connectivity index (χ0) is 33.7. The highest BCUT2D eigenvalue weighted by Crippen LogP contribution is 2.40. The molecule has 3 atom stereocenters. The van der Waals surface area contributed by atoms with Gasteiger partial charge in [-0.1, -0.05) is 67.1 Å². The maximum absolute atomic E-state index is 12.6. The van der Waals surface area contributed by atoms with Crippen LogP contribution in [0.15, 0.2) is 102 Å². The molecule has 48 heavy (non-hydrogen) atoms. The van der Waals surface area contributed by atoms with Crippen molar-refractivity contribution in [3.05, 3.63) is 114 Å². The van der Waals surface area contributed by atoms with Crippen molar-refractivity contribution < 1.29 is 28.9 Å². The monoisotopic (exact) mass is 669 g/mol. The summed E-state index contributed by atoms with van der Waals surface area (Å²) in [5, 5.41) is 15.3. The number of anilines is 3. The lowest BCUT2D eigenvalue weighted by molar-refractivity contribution is -0.245. The molecule has 252 valence electrons. The fraction of sp³-hybridized carbons (Fsp3) is 0.316. The van der Waals surface area contributed by atoms with Gasteiger partial charge in [-0.2, -0.15) is 0 Å². The second kappa shape index (κ2) is 17.7. The molecule has 1 saturated heterocycles. The molecular weight excluding hydrogens is 627 g/mol. The van der Waals surface area contributed by atoms with E-state index in [9.17, 15) is 14.7 Å². The maximum Gasteiger partial charge on any atom is 0.224 e. The third-order valence-corrected chi connectivity index (χ3v) is 9.30. The summed E-state index contributed by atoms with van der Waals surface area (Å²) in [5.41, 5.74) is 10.5. The van der Waals surface area contributed by atoms with Crippen LogP contribution in [0.4, 0.5) is 17.1 Å². The van der Waals surface area contributed by atoms with Crippen LogP contribution < -0.4 is 21.1 Å². The molecule has 1 heterocycles. The zero-order valence-corrected chi connectivity index (χ0v) is 27.9. The topological polar surface area (TPSA) is 132 Å². The smallest absolute Gasteiger partial charge is 0.224 e. The third-order valence-electron chi connectivity index (χ3n) is 8.12. The van der Waals surface area contributed by atoms with Gasteiger partial charge in [0.15, 0.2) is 6.29 Å². The fourth-order valence-electron chi connectivity index (χ4n) is 5.46. The molecule has 1 fully saturated rings. The first-order valence-electron chi connectivity index (χ1n) is 16.2.